The van der Waals surface area contributed by atoms with Crippen molar-refractivity contribution in [2.75, 3.05) is 25.1 Å². The molecule has 1 fully saturated rings. The summed E-state index contributed by atoms with van der Waals surface area (Å²) < 4.78 is 23.4. The molecule has 0 aliphatic carbocycles. The highest BCUT2D eigenvalue weighted by atomic mass is 19.1. The minimum absolute atomic E-state index is 0.283. The number of hydrogen-bond acceptors (Lipinski definition) is 3. The average Bonchev–Trinajstić information content (AvgIpc) is 2.14. The molecule has 1 aromatic rings. The summed E-state index contributed by atoms with van der Waals surface area (Å²) in [6.45, 7) is 3.80. The van der Waals surface area contributed by atoms with Crippen LogP contribution in [0, 0.1) is 5.82 Å². The van der Waals surface area contributed by atoms with Gasteiger partial charge in [0.25, 0.3) is 0 Å². The van der Waals surface area contributed by atoms with Crippen molar-refractivity contribution in [3.05, 3.63) is 24.0 Å². The van der Waals surface area contributed by atoms with Crippen LogP contribution in [0.3, 0.4) is 0 Å². The zero-order chi connectivity index (χ0) is 10.7. The van der Waals surface area contributed by atoms with Gasteiger partial charge in [-0.2, -0.15) is 0 Å². The number of rotatable bonds is 4. The van der Waals surface area contributed by atoms with Crippen molar-refractivity contribution in [1.82, 2.24) is 0 Å². The Hall–Kier alpha value is -1.29. The van der Waals surface area contributed by atoms with E-state index in [2.05, 4.69) is 5.32 Å². The Bertz CT molecular complexity index is 339. The summed E-state index contributed by atoms with van der Waals surface area (Å²) in [6.07, 6.45) is 0. The molecule has 1 heterocycles. The van der Waals surface area contributed by atoms with E-state index in [-0.39, 0.29) is 5.82 Å². The average molecular weight is 211 g/mol. The molecule has 0 atom stereocenters. The van der Waals surface area contributed by atoms with Gasteiger partial charge >= 0.3 is 0 Å². The quantitative estimate of drug-likeness (QED) is 0.826. The van der Waals surface area contributed by atoms with Gasteiger partial charge in [0.15, 0.2) is 0 Å². The van der Waals surface area contributed by atoms with E-state index >= 15 is 0 Å². The fraction of sp³-hybridized carbons (Fsp3) is 0.455. The molecule has 1 aliphatic heterocycles. The Morgan fingerprint density at radius 2 is 2.33 bits per heavy atom. The molecule has 0 bridgehead atoms. The molecule has 1 aromatic carbocycles. The van der Waals surface area contributed by atoms with E-state index in [0.29, 0.717) is 31.6 Å². The molecule has 0 amide bonds. The predicted molar refractivity (Wildman–Crippen MR) is 55.8 cm³/mol. The second-order valence-corrected chi connectivity index (χ2v) is 3.45. The normalized spacial score (nSPS) is 15.9. The van der Waals surface area contributed by atoms with Gasteiger partial charge in [-0.25, -0.2) is 4.39 Å². The summed E-state index contributed by atoms with van der Waals surface area (Å²) >= 11 is 0. The minimum atomic E-state index is -0.283. The standard InChI is InChI=1S/C11H14FNO2/c1-2-15-11-5-8(12)3-4-10(11)13-9-6-14-7-9/h3-5,9,13H,2,6-7H2,1H3. The Balaban J connectivity index is 2.12. The van der Waals surface area contributed by atoms with Crippen molar-refractivity contribution in [2.45, 2.75) is 13.0 Å². The molecule has 0 radical (unpaired) electrons. The molecule has 1 saturated heterocycles. The highest BCUT2D eigenvalue weighted by Gasteiger charge is 2.19. The van der Waals surface area contributed by atoms with Crippen molar-refractivity contribution in [1.29, 1.82) is 0 Å². The zero-order valence-corrected chi connectivity index (χ0v) is 8.63. The third-order valence-electron chi connectivity index (χ3n) is 2.24. The second kappa shape index (κ2) is 4.49. The third kappa shape index (κ3) is 2.39. The van der Waals surface area contributed by atoms with E-state index < -0.39 is 0 Å². The molecule has 3 nitrogen and oxygen atoms in total. The van der Waals surface area contributed by atoms with Crippen LogP contribution >= 0.6 is 0 Å². The molecule has 15 heavy (non-hydrogen) atoms. The zero-order valence-electron chi connectivity index (χ0n) is 8.63. The SMILES string of the molecule is CCOc1cc(F)ccc1NC1COC1. The summed E-state index contributed by atoms with van der Waals surface area (Å²) in [5, 5.41) is 3.24. The summed E-state index contributed by atoms with van der Waals surface area (Å²) in [4.78, 5) is 0. The van der Waals surface area contributed by atoms with Crippen LogP contribution < -0.4 is 10.1 Å². The van der Waals surface area contributed by atoms with Crippen LogP contribution in [-0.4, -0.2) is 25.9 Å². The minimum Gasteiger partial charge on any atom is -0.492 e. The largest absolute Gasteiger partial charge is 0.492 e. The Morgan fingerprint density at radius 3 is 2.93 bits per heavy atom. The molecule has 0 spiro atoms. The maximum absolute atomic E-state index is 13.0. The summed E-state index contributed by atoms with van der Waals surface area (Å²) in [5.74, 6) is 0.276. The summed E-state index contributed by atoms with van der Waals surface area (Å²) in [6, 6.07) is 4.82. The molecule has 0 aromatic heterocycles. The fourth-order valence-electron chi connectivity index (χ4n) is 1.43. The van der Waals surface area contributed by atoms with Crippen molar-refractivity contribution in [2.24, 2.45) is 0 Å². The van der Waals surface area contributed by atoms with Crippen LogP contribution in [0.1, 0.15) is 6.92 Å². The van der Waals surface area contributed by atoms with Crippen molar-refractivity contribution in [3.8, 4) is 5.75 Å². The number of anilines is 1. The number of ether oxygens (including phenoxy) is 2. The smallest absolute Gasteiger partial charge is 0.145 e. The highest BCUT2D eigenvalue weighted by Crippen LogP contribution is 2.27. The first-order valence-electron chi connectivity index (χ1n) is 5.06. The van der Waals surface area contributed by atoms with Gasteiger partial charge in [0, 0.05) is 6.07 Å². The highest BCUT2D eigenvalue weighted by molar-refractivity contribution is 5.57. The molecule has 2 rings (SSSR count). The fourth-order valence-corrected chi connectivity index (χ4v) is 1.43. The van der Waals surface area contributed by atoms with E-state index in [0.717, 1.165) is 5.69 Å². The van der Waals surface area contributed by atoms with Gasteiger partial charge < -0.3 is 14.8 Å². The summed E-state index contributed by atoms with van der Waals surface area (Å²) in [7, 11) is 0. The molecule has 0 unspecified atom stereocenters. The first-order valence-corrected chi connectivity index (χ1v) is 5.06. The summed E-state index contributed by atoms with van der Waals surface area (Å²) in [5.41, 5.74) is 0.826. The van der Waals surface area contributed by atoms with Crippen molar-refractivity contribution < 1.29 is 13.9 Å². The number of hydrogen-bond donors (Lipinski definition) is 1. The van der Waals surface area contributed by atoms with Crippen LogP contribution in [0.25, 0.3) is 0 Å². The molecule has 1 aliphatic rings. The first kappa shape index (κ1) is 10.2. The molecule has 4 heteroatoms. The Morgan fingerprint density at radius 1 is 1.53 bits per heavy atom. The van der Waals surface area contributed by atoms with Crippen molar-refractivity contribution in [3.63, 3.8) is 0 Å². The number of nitrogens with one attached hydrogen (secondary N) is 1. The van der Waals surface area contributed by atoms with Crippen LogP contribution in [0.2, 0.25) is 0 Å². The van der Waals surface area contributed by atoms with Crippen LogP contribution in [0.4, 0.5) is 10.1 Å². The lowest BCUT2D eigenvalue weighted by molar-refractivity contribution is 0.0210. The van der Waals surface area contributed by atoms with Gasteiger partial charge in [-0.3, -0.25) is 0 Å². The van der Waals surface area contributed by atoms with Gasteiger partial charge in [0.05, 0.1) is 31.5 Å². The maximum atomic E-state index is 13.0. The van der Waals surface area contributed by atoms with Gasteiger partial charge in [0.1, 0.15) is 11.6 Å². The second-order valence-electron chi connectivity index (χ2n) is 3.45. The molecule has 0 saturated carbocycles. The Labute approximate surface area is 88.2 Å². The molecule has 1 N–H and O–H groups in total. The van der Waals surface area contributed by atoms with E-state index in [1.165, 1.54) is 12.1 Å². The lowest BCUT2D eigenvalue weighted by atomic mass is 10.2. The topological polar surface area (TPSA) is 30.5 Å². The lowest BCUT2D eigenvalue weighted by Crippen LogP contribution is -2.40. The van der Waals surface area contributed by atoms with Gasteiger partial charge in [-0.15, -0.1) is 0 Å². The third-order valence-corrected chi connectivity index (χ3v) is 2.24. The van der Waals surface area contributed by atoms with Gasteiger partial charge in [-0.1, -0.05) is 0 Å². The van der Waals surface area contributed by atoms with E-state index in [4.69, 9.17) is 9.47 Å². The van der Waals surface area contributed by atoms with E-state index in [9.17, 15) is 4.39 Å². The van der Waals surface area contributed by atoms with Crippen LogP contribution in [0.5, 0.6) is 5.75 Å². The Kier molecular flexibility index (Phi) is 3.06. The number of halogens is 1. The predicted octanol–water partition coefficient (Wildman–Crippen LogP) is 2.04. The van der Waals surface area contributed by atoms with Gasteiger partial charge in [0.2, 0.25) is 0 Å². The number of benzene rings is 1. The monoisotopic (exact) mass is 211 g/mol. The molecule has 82 valence electrons. The molecular weight excluding hydrogens is 197 g/mol. The maximum Gasteiger partial charge on any atom is 0.145 e. The lowest BCUT2D eigenvalue weighted by Gasteiger charge is -2.28. The van der Waals surface area contributed by atoms with E-state index in [1.54, 1.807) is 6.07 Å². The van der Waals surface area contributed by atoms with Crippen LogP contribution in [-0.2, 0) is 4.74 Å². The van der Waals surface area contributed by atoms with Crippen molar-refractivity contribution >= 4 is 5.69 Å². The first-order chi connectivity index (χ1) is 7.29. The van der Waals surface area contributed by atoms with E-state index in [1.807, 2.05) is 6.92 Å². The van der Waals surface area contributed by atoms with Gasteiger partial charge in [-0.05, 0) is 19.1 Å². The molecular formula is C11H14FNO2. The van der Waals surface area contributed by atoms with Crippen LogP contribution in [0.15, 0.2) is 18.2 Å².